The smallest absolute Gasteiger partial charge is 0.341 e. The number of rotatable bonds is 4. The van der Waals surface area contributed by atoms with Crippen LogP contribution in [-0.4, -0.2) is 18.0 Å². The predicted octanol–water partition coefficient (Wildman–Crippen LogP) is 3.41. The fraction of sp³-hybridized carbons (Fsp3) is 0.176. The molecule has 0 bridgehead atoms. The van der Waals surface area contributed by atoms with E-state index < -0.39 is 18.0 Å². The van der Waals surface area contributed by atoms with E-state index in [9.17, 15) is 9.59 Å². The van der Waals surface area contributed by atoms with Gasteiger partial charge in [-0.05, 0) is 43.7 Å². The lowest BCUT2D eigenvalue weighted by atomic mass is 10.1. The highest BCUT2D eigenvalue weighted by atomic mass is 35.5. The first-order valence-corrected chi connectivity index (χ1v) is 7.39. The van der Waals surface area contributed by atoms with E-state index in [1.54, 1.807) is 49.4 Å². The van der Waals surface area contributed by atoms with Crippen LogP contribution in [0.4, 0.5) is 11.4 Å². The van der Waals surface area contributed by atoms with E-state index >= 15 is 0 Å². The van der Waals surface area contributed by atoms with Crippen molar-refractivity contribution in [2.75, 3.05) is 11.1 Å². The van der Waals surface area contributed by atoms with Gasteiger partial charge in [0.15, 0.2) is 6.10 Å². The fourth-order valence-corrected chi connectivity index (χ4v) is 2.14. The second-order valence-electron chi connectivity index (χ2n) is 5.08. The molecule has 3 N–H and O–H groups in total. The van der Waals surface area contributed by atoms with Gasteiger partial charge in [-0.25, -0.2) is 4.79 Å². The molecule has 6 heteroatoms. The van der Waals surface area contributed by atoms with Gasteiger partial charge in [-0.2, -0.15) is 0 Å². The third kappa shape index (κ3) is 4.23. The number of amides is 1. The van der Waals surface area contributed by atoms with Crippen LogP contribution >= 0.6 is 11.6 Å². The van der Waals surface area contributed by atoms with Crippen LogP contribution in [0.3, 0.4) is 0 Å². The van der Waals surface area contributed by atoms with E-state index in [4.69, 9.17) is 22.1 Å². The first kappa shape index (κ1) is 16.8. The Morgan fingerprint density at radius 2 is 1.91 bits per heavy atom. The summed E-state index contributed by atoms with van der Waals surface area (Å²) in [6.07, 6.45) is -0.971. The molecule has 0 aliphatic carbocycles. The third-order valence-electron chi connectivity index (χ3n) is 3.29. The monoisotopic (exact) mass is 332 g/mol. The quantitative estimate of drug-likeness (QED) is 0.664. The van der Waals surface area contributed by atoms with Crippen molar-refractivity contribution < 1.29 is 14.3 Å². The van der Waals surface area contributed by atoms with E-state index in [1.807, 2.05) is 0 Å². The minimum absolute atomic E-state index is 0.243. The number of benzene rings is 2. The molecule has 1 atom stereocenters. The Balaban J connectivity index is 2.03. The molecule has 0 aromatic heterocycles. The van der Waals surface area contributed by atoms with Gasteiger partial charge >= 0.3 is 5.97 Å². The van der Waals surface area contributed by atoms with Crippen molar-refractivity contribution >= 4 is 34.9 Å². The topological polar surface area (TPSA) is 81.4 Å². The lowest BCUT2D eigenvalue weighted by Crippen LogP contribution is -2.30. The summed E-state index contributed by atoms with van der Waals surface area (Å²) in [7, 11) is 0. The average Bonchev–Trinajstić information content (AvgIpc) is 2.49. The van der Waals surface area contributed by atoms with Crippen LogP contribution in [-0.2, 0) is 9.53 Å². The Hall–Kier alpha value is -2.53. The molecule has 2 rings (SSSR count). The normalized spacial score (nSPS) is 11.6. The lowest BCUT2D eigenvalue weighted by molar-refractivity contribution is -0.123. The number of nitrogens with two attached hydrogens (primary N) is 1. The maximum absolute atomic E-state index is 12.1. The molecule has 0 radical (unpaired) electrons. The van der Waals surface area contributed by atoms with Crippen LogP contribution in [0.5, 0.6) is 0 Å². The number of nitrogen functional groups attached to an aromatic ring is 1. The van der Waals surface area contributed by atoms with Crippen LogP contribution in [0, 0.1) is 6.92 Å². The van der Waals surface area contributed by atoms with Crippen LogP contribution in [0.2, 0.25) is 5.02 Å². The van der Waals surface area contributed by atoms with Gasteiger partial charge in [0.1, 0.15) is 0 Å². The second-order valence-corrected chi connectivity index (χ2v) is 5.52. The van der Waals surface area contributed by atoms with Crippen molar-refractivity contribution in [1.29, 1.82) is 0 Å². The summed E-state index contributed by atoms with van der Waals surface area (Å²) in [6.45, 7) is 3.28. The fourth-order valence-electron chi connectivity index (χ4n) is 1.95. The molecule has 5 nitrogen and oxygen atoms in total. The zero-order valence-corrected chi connectivity index (χ0v) is 13.6. The van der Waals surface area contributed by atoms with Crippen LogP contribution in [0.25, 0.3) is 0 Å². The largest absolute Gasteiger partial charge is 0.449 e. The minimum atomic E-state index is -0.971. The number of hydrogen-bond donors (Lipinski definition) is 2. The number of carbonyl (C=O) groups excluding carboxylic acids is 2. The Labute approximate surface area is 139 Å². The highest BCUT2D eigenvalue weighted by molar-refractivity contribution is 6.30. The standard InChI is InChI=1S/C17H17ClN2O3/c1-10-5-3-8-14(15(10)19)17(22)23-11(2)16(21)20-13-7-4-6-12(18)9-13/h3-9,11H,19H2,1-2H3,(H,20,21)/t11-/m1/s1. The zero-order valence-electron chi connectivity index (χ0n) is 12.8. The van der Waals surface area contributed by atoms with E-state index in [0.29, 0.717) is 16.4 Å². The summed E-state index contributed by atoms with van der Waals surface area (Å²) < 4.78 is 5.17. The van der Waals surface area contributed by atoms with Gasteiger partial charge in [0, 0.05) is 16.4 Å². The number of esters is 1. The Kier molecular flexibility index (Phi) is 5.24. The highest BCUT2D eigenvalue weighted by Crippen LogP contribution is 2.19. The Bertz CT molecular complexity index is 746. The van der Waals surface area contributed by atoms with Crippen molar-refractivity contribution in [2.45, 2.75) is 20.0 Å². The molecule has 0 saturated carbocycles. The SMILES string of the molecule is Cc1cccc(C(=O)O[C@H](C)C(=O)Nc2cccc(Cl)c2)c1N. The van der Waals surface area contributed by atoms with Crippen LogP contribution in [0.15, 0.2) is 42.5 Å². The van der Waals surface area contributed by atoms with Gasteiger partial charge < -0.3 is 15.8 Å². The van der Waals surface area contributed by atoms with E-state index in [1.165, 1.54) is 6.92 Å². The molecule has 0 spiro atoms. The minimum Gasteiger partial charge on any atom is -0.449 e. The first-order valence-electron chi connectivity index (χ1n) is 7.01. The first-order chi connectivity index (χ1) is 10.9. The molecule has 23 heavy (non-hydrogen) atoms. The molecule has 2 aromatic rings. The summed E-state index contributed by atoms with van der Waals surface area (Å²) >= 11 is 5.85. The Morgan fingerprint density at radius 3 is 2.61 bits per heavy atom. The van der Waals surface area contributed by atoms with E-state index in [2.05, 4.69) is 5.32 Å². The maximum Gasteiger partial charge on any atom is 0.341 e. The summed E-state index contributed by atoms with van der Waals surface area (Å²) in [4.78, 5) is 24.2. The predicted molar refractivity (Wildman–Crippen MR) is 90.6 cm³/mol. The zero-order chi connectivity index (χ0) is 17.0. The van der Waals surface area contributed by atoms with Gasteiger partial charge in [-0.3, -0.25) is 4.79 Å². The van der Waals surface area contributed by atoms with Gasteiger partial charge in [0.05, 0.1) is 5.56 Å². The number of nitrogens with one attached hydrogen (secondary N) is 1. The second kappa shape index (κ2) is 7.15. The van der Waals surface area contributed by atoms with Gasteiger partial charge in [0.25, 0.3) is 5.91 Å². The lowest BCUT2D eigenvalue weighted by Gasteiger charge is -2.15. The number of ether oxygens (including phenoxy) is 1. The number of para-hydroxylation sites is 1. The van der Waals surface area contributed by atoms with Gasteiger partial charge in [-0.15, -0.1) is 0 Å². The average molecular weight is 333 g/mol. The van der Waals surface area contributed by atoms with E-state index in [0.717, 1.165) is 5.56 Å². The number of halogens is 1. The van der Waals surface area contributed by atoms with Crippen molar-refractivity contribution in [3.8, 4) is 0 Å². The molecule has 0 heterocycles. The molecule has 120 valence electrons. The molecule has 1 amide bonds. The Morgan fingerprint density at radius 1 is 1.22 bits per heavy atom. The van der Waals surface area contributed by atoms with Gasteiger partial charge in [-0.1, -0.05) is 29.8 Å². The summed E-state index contributed by atoms with van der Waals surface area (Å²) in [5.41, 5.74) is 7.75. The van der Waals surface area contributed by atoms with Crippen molar-refractivity contribution in [3.63, 3.8) is 0 Å². The molecule has 0 aliphatic rings. The van der Waals surface area contributed by atoms with Crippen LogP contribution in [0.1, 0.15) is 22.8 Å². The van der Waals surface area contributed by atoms with E-state index in [-0.39, 0.29) is 5.56 Å². The van der Waals surface area contributed by atoms with Crippen molar-refractivity contribution in [1.82, 2.24) is 0 Å². The summed E-state index contributed by atoms with van der Waals surface area (Å²) in [5, 5.41) is 3.13. The molecule has 0 unspecified atom stereocenters. The molecule has 0 saturated heterocycles. The van der Waals surface area contributed by atoms with Gasteiger partial charge in [0.2, 0.25) is 0 Å². The molecule has 2 aromatic carbocycles. The highest BCUT2D eigenvalue weighted by Gasteiger charge is 2.20. The molecule has 0 aliphatic heterocycles. The third-order valence-corrected chi connectivity index (χ3v) is 3.52. The van der Waals surface area contributed by atoms with Crippen molar-refractivity contribution in [3.05, 3.63) is 58.6 Å². The molecular formula is C17H17ClN2O3. The van der Waals surface area contributed by atoms with Crippen molar-refractivity contribution in [2.24, 2.45) is 0 Å². The summed E-state index contributed by atoms with van der Waals surface area (Å²) in [5.74, 6) is -1.09. The molecular weight excluding hydrogens is 316 g/mol. The number of hydrogen-bond acceptors (Lipinski definition) is 4. The number of anilines is 2. The number of carbonyl (C=O) groups is 2. The van der Waals surface area contributed by atoms with Crippen LogP contribution < -0.4 is 11.1 Å². The molecule has 0 fully saturated rings. The number of aryl methyl sites for hydroxylation is 1. The summed E-state index contributed by atoms with van der Waals surface area (Å²) in [6, 6.07) is 11.8. The maximum atomic E-state index is 12.1.